The lowest BCUT2D eigenvalue weighted by Gasteiger charge is -2.11. The standard InChI is InChI=1S/C17H19NO3S2/c1-12-16(14-5-3-2-4-6-14)15(10-22-12)17(19)18-9-13-7-8-23(20,21)11-13/h2-6,10,13H,7-9,11H2,1H3,(H,18,19). The van der Waals surface area contributed by atoms with Gasteiger partial charge in [-0.25, -0.2) is 8.42 Å². The molecule has 23 heavy (non-hydrogen) atoms. The van der Waals surface area contributed by atoms with E-state index in [0.717, 1.165) is 16.0 Å². The smallest absolute Gasteiger partial charge is 0.252 e. The van der Waals surface area contributed by atoms with Gasteiger partial charge in [-0.05, 0) is 24.8 Å². The van der Waals surface area contributed by atoms with Gasteiger partial charge in [0.1, 0.15) is 0 Å². The number of nitrogens with one attached hydrogen (secondary N) is 1. The predicted molar refractivity (Wildman–Crippen MR) is 93.6 cm³/mol. The molecule has 1 aromatic carbocycles. The summed E-state index contributed by atoms with van der Waals surface area (Å²) in [6, 6.07) is 9.85. The van der Waals surface area contributed by atoms with E-state index >= 15 is 0 Å². The highest BCUT2D eigenvalue weighted by Gasteiger charge is 2.28. The molecule has 0 aliphatic carbocycles. The molecule has 2 heterocycles. The summed E-state index contributed by atoms with van der Waals surface area (Å²) in [7, 11) is -2.90. The lowest BCUT2D eigenvalue weighted by Crippen LogP contribution is -2.29. The van der Waals surface area contributed by atoms with Gasteiger partial charge in [-0.3, -0.25) is 4.79 Å². The van der Waals surface area contributed by atoms with Crippen molar-refractivity contribution in [2.24, 2.45) is 5.92 Å². The zero-order chi connectivity index (χ0) is 16.4. The van der Waals surface area contributed by atoms with Crippen LogP contribution in [0.2, 0.25) is 0 Å². The number of thiophene rings is 1. The number of hydrogen-bond acceptors (Lipinski definition) is 4. The van der Waals surface area contributed by atoms with Gasteiger partial charge in [0.25, 0.3) is 5.91 Å². The molecule has 1 saturated heterocycles. The third-order valence-electron chi connectivity index (χ3n) is 4.16. The van der Waals surface area contributed by atoms with Gasteiger partial charge in [-0.1, -0.05) is 30.3 Å². The fourth-order valence-electron chi connectivity index (χ4n) is 2.95. The molecule has 3 rings (SSSR count). The number of rotatable bonds is 4. The van der Waals surface area contributed by atoms with Crippen LogP contribution in [0.25, 0.3) is 11.1 Å². The highest BCUT2D eigenvalue weighted by atomic mass is 32.2. The highest BCUT2D eigenvalue weighted by molar-refractivity contribution is 7.91. The average molecular weight is 349 g/mol. The predicted octanol–water partition coefficient (Wildman–Crippen LogP) is 2.89. The van der Waals surface area contributed by atoms with Crippen molar-refractivity contribution in [1.29, 1.82) is 0 Å². The van der Waals surface area contributed by atoms with Gasteiger partial charge in [0, 0.05) is 22.4 Å². The monoisotopic (exact) mass is 349 g/mol. The maximum absolute atomic E-state index is 12.5. The first-order valence-corrected chi connectivity index (χ1v) is 10.3. The van der Waals surface area contributed by atoms with Gasteiger partial charge >= 0.3 is 0 Å². The second-order valence-corrected chi connectivity index (χ2v) is 9.24. The number of carbonyl (C=O) groups excluding carboxylic acids is 1. The summed E-state index contributed by atoms with van der Waals surface area (Å²) < 4.78 is 23.0. The van der Waals surface area contributed by atoms with Crippen LogP contribution in [0.5, 0.6) is 0 Å². The summed E-state index contributed by atoms with van der Waals surface area (Å²) in [5.41, 5.74) is 2.66. The quantitative estimate of drug-likeness (QED) is 0.923. The molecule has 4 nitrogen and oxygen atoms in total. The molecule has 1 aliphatic rings. The second-order valence-electron chi connectivity index (χ2n) is 5.93. The Hall–Kier alpha value is -1.66. The Morgan fingerprint density at radius 2 is 2.04 bits per heavy atom. The summed E-state index contributed by atoms with van der Waals surface area (Å²) in [6.45, 7) is 2.43. The zero-order valence-electron chi connectivity index (χ0n) is 12.9. The van der Waals surface area contributed by atoms with Crippen LogP contribution in [0.4, 0.5) is 0 Å². The van der Waals surface area contributed by atoms with Crippen LogP contribution in [-0.4, -0.2) is 32.4 Å². The minimum absolute atomic E-state index is 0.0313. The maximum Gasteiger partial charge on any atom is 0.252 e. The Balaban J connectivity index is 1.74. The van der Waals surface area contributed by atoms with Crippen LogP contribution in [0, 0.1) is 12.8 Å². The summed E-state index contributed by atoms with van der Waals surface area (Å²) in [5.74, 6) is 0.323. The van der Waals surface area contributed by atoms with Crippen LogP contribution >= 0.6 is 11.3 Å². The summed E-state index contributed by atoms with van der Waals surface area (Å²) in [4.78, 5) is 13.6. The van der Waals surface area contributed by atoms with Crippen molar-refractivity contribution >= 4 is 27.1 Å². The zero-order valence-corrected chi connectivity index (χ0v) is 14.5. The van der Waals surface area contributed by atoms with Crippen LogP contribution in [0.3, 0.4) is 0 Å². The van der Waals surface area contributed by atoms with Gasteiger partial charge in [-0.15, -0.1) is 11.3 Å². The SMILES string of the molecule is Cc1scc(C(=O)NCC2CCS(=O)(=O)C2)c1-c1ccccc1. The molecule has 0 spiro atoms. The summed E-state index contributed by atoms with van der Waals surface area (Å²) in [5, 5.41) is 4.78. The molecular formula is C17H19NO3S2. The number of carbonyl (C=O) groups is 1. The van der Waals surface area contributed by atoms with E-state index in [4.69, 9.17) is 0 Å². The Labute approximate surface area is 140 Å². The van der Waals surface area contributed by atoms with Gasteiger partial charge in [0.2, 0.25) is 0 Å². The molecule has 122 valence electrons. The second kappa shape index (κ2) is 6.45. The van der Waals surface area contributed by atoms with E-state index < -0.39 is 9.84 Å². The number of aryl methyl sites for hydroxylation is 1. The molecule has 0 radical (unpaired) electrons. The lowest BCUT2D eigenvalue weighted by molar-refractivity contribution is 0.0949. The van der Waals surface area contributed by atoms with E-state index in [2.05, 4.69) is 5.32 Å². The molecule has 1 N–H and O–H groups in total. The van der Waals surface area contributed by atoms with Gasteiger partial charge in [-0.2, -0.15) is 0 Å². The normalized spacial score (nSPS) is 19.6. The minimum atomic E-state index is -2.90. The van der Waals surface area contributed by atoms with Crippen molar-refractivity contribution in [3.8, 4) is 11.1 Å². The molecule has 1 unspecified atom stereocenters. The first kappa shape index (κ1) is 16.2. The van der Waals surface area contributed by atoms with E-state index in [9.17, 15) is 13.2 Å². The van der Waals surface area contributed by atoms with Crippen molar-refractivity contribution in [3.63, 3.8) is 0 Å². The van der Waals surface area contributed by atoms with E-state index in [0.29, 0.717) is 18.5 Å². The van der Waals surface area contributed by atoms with Crippen LogP contribution in [0.15, 0.2) is 35.7 Å². The molecular weight excluding hydrogens is 330 g/mol. The summed E-state index contributed by atoms with van der Waals surface area (Å²) in [6.07, 6.45) is 0.636. The lowest BCUT2D eigenvalue weighted by atomic mass is 10.0. The van der Waals surface area contributed by atoms with E-state index in [1.54, 1.807) is 11.3 Å². The topological polar surface area (TPSA) is 63.2 Å². The molecule has 1 aromatic heterocycles. The molecule has 1 amide bonds. The number of sulfone groups is 1. The molecule has 0 bridgehead atoms. The van der Waals surface area contributed by atoms with Crippen molar-refractivity contribution < 1.29 is 13.2 Å². The first-order valence-electron chi connectivity index (χ1n) is 7.58. The highest BCUT2D eigenvalue weighted by Crippen LogP contribution is 2.32. The van der Waals surface area contributed by atoms with Crippen molar-refractivity contribution in [1.82, 2.24) is 5.32 Å². The van der Waals surface area contributed by atoms with Crippen LogP contribution in [-0.2, 0) is 9.84 Å². The number of benzene rings is 1. The Kier molecular flexibility index (Phi) is 4.55. The fourth-order valence-corrected chi connectivity index (χ4v) is 5.68. The van der Waals surface area contributed by atoms with E-state index in [-0.39, 0.29) is 23.3 Å². The molecule has 1 fully saturated rings. The molecule has 1 atom stereocenters. The van der Waals surface area contributed by atoms with Crippen molar-refractivity contribution in [2.75, 3.05) is 18.1 Å². The number of hydrogen-bond donors (Lipinski definition) is 1. The fraction of sp³-hybridized carbons (Fsp3) is 0.353. The van der Waals surface area contributed by atoms with Gasteiger partial charge < -0.3 is 5.32 Å². The Morgan fingerprint density at radius 1 is 1.30 bits per heavy atom. The van der Waals surface area contributed by atoms with E-state index in [1.807, 2.05) is 42.6 Å². The van der Waals surface area contributed by atoms with Gasteiger partial charge in [0.15, 0.2) is 9.84 Å². The molecule has 0 saturated carbocycles. The maximum atomic E-state index is 12.5. The third kappa shape index (κ3) is 3.64. The third-order valence-corrected chi connectivity index (χ3v) is 6.91. The molecule has 6 heteroatoms. The largest absolute Gasteiger partial charge is 0.352 e. The molecule has 2 aromatic rings. The Bertz CT molecular complexity index is 810. The number of amides is 1. The minimum Gasteiger partial charge on any atom is -0.352 e. The van der Waals surface area contributed by atoms with Gasteiger partial charge in [0.05, 0.1) is 17.1 Å². The summed E-state index contributed by atoms with van der Waals surface area (Å²) >= 11 is 1.56. The Morgan fingerprint density at radius 3 is 2.70 bits per heavy atom. The average Bonchev–Trinajstić information content (AvgIpc) is 3.08. The molecule has 1 aliphatic heterocycles. The van der Waals surface area contributed by atoms with Crippen LogP contribution in [0.1, 0.15) is 21.7 Å². The first-order chi connectivity index (χ1) is 11.0. The van der Waals surface area contributed by atoms with Crippen molar-refractivity contribution in [2.45, 2.75) is 13.3 Å². The van der Waals surface area contributed by atoms with Crippen LogP contribution < -0.4 is 5.32 Å². The van der Waals surface area contributed by atoms with E-state index in [1.165, 1.54) is 0 Å². The van der Waals surface area contributed by atoms with Crippen molar-refractivity contribution in [3.05, 3.63) is 46.2 Å².